The molecule has 0 aromatic heterocycles. The van der Waals surface area contributed by atoms with E-state index in [0.29, 0.717) is 0 Å². The fourth-order valence-corrected chi connectivity index (χ4v) is 0.165. The van der Waals surface area contributed by atoms with Gasteiger partial charge in [-0.15, -0.1) is 0 Å². The molecule has 0 bridgehead atoms. The summed E-state index contributed by atoms with van der Waals surface area (Å²) < 4.78 is 8.82. The van der Waals surface area contributed by atoms with Crippen molar-refractivity contribution in [3.05, 3.63) is 12.8 Å². The third kappa shape index (κ3) is 5.01. The Balaban J connectivity index is 2.93. The quantitative estimate of drug-likeness (QED) is 0.235. The molecule has 0 saturated heterocycles. The molecule has 3 heteroatoms. The van der Waals surface area contributed by atoms with Crippen molar-refractivity contribution in [2.75, 3.05) is 6.79 Å². The van der Waals surface area contributed by atoms with Crippen LogP contribution in [0.5, 0.6) is 0 Å². The molecular weight excluding hydrogens is 108 g/mol. The summed E-state index contributed by atoms with van der Waals surface area (Å²) in [5, 5.41) is 0. The molecular formula is C5H8O3. The van der Waals surface area contributed by atoms with Gasteiger partial charge >= 0.3 is 5.97 Å². The Bertz CT molecular complexity index is 87.7. The third-order valence-corrected chi connectivity index (χ3v) is 0.448. The molecule has 0 aromatic carbocycles. The number of hydrogen-bond acceptors (Lipinski definition) is 3. The van der Waals surface area contributed by atoms with Gasteiger partial charge in [0.25, 0.3) is 0 Å². The monoisotopic (exact) mass is 116 g/mol. The molecule has 0 aliphatic rings. The highest BCUT2D eigenvalue weighted by Crippen LogP contribution is 1.77. The van der Waals surface area contributed by atoms with Crippen LogP contribution in [0.25, 0.3) is 0 Å². The zero-order valence-electron chi connectivity index (χ0n) is 4.72. The molecule has 0 amide bonds. The molecule has 0 fully saturated rings. The number of rotatable bonds is 3. The second-order valence-corrected chi connectivity index (χ2v) is 1.09. The number of hydrogen-bond donors (Lipinski definition) is 0. The van der Waals surface area contributed by atoms with Crippen molar-refractivity contribution >= 4 is 5.97 Å². The summed E-state index contributed by atoms with van der Waals surface area (Å²) in [6, 6.07) is 0. The minimum atomic E-state index is -0.355. The first-order valence-corrected chi connectivity index (χ1v) is 2.13. The van der Waals surface area contributed by atoms with Crippen LogP contribution < -0.4 is 0 Å². The van der Waals surface area contributed by atoms with E-state index in [1.165, 1.54) is 13.2 Å². The second-order valence-electron chi connectivity index (χ2n) is 1.09. The van der Waals surface area contributed by atoms with Crippen LogP contribution in [0, 0.1) is 0 Å². The Labute approximate surface area is 47.9 Å². The van der Waals surface area contributed by atoms with Crippen LogP contribution in [0.2, 0.25) is 0 Å². The normalized spacial score (nSPS) is 7.62. The van der Waals surface area contributed by atoms with E-state index in [-0.39, 0.29) is 12.8 Å². The number of carbonyl (C=O) groups is 1. The fraction of sp³-hybridized carbons (Fsp3) is 0.400. The van der Waals surface area contributed by atoms with E-state index in [1.807, 2.05) is 0 Å². The zero-order chi connectivity index (χ0) is 6.41. The smallest absolute Gasteiger partial charge is 0.305 e. The molecule has 0 aliphatic carbocycles. The van der Waals surface area contributed by atoms with Crippen molar-refractivity contribution in [3.63, 3.8) is 0 Å². The van der Waals surface area contributed by atoms with Crippen molar-refractivity contribution < 1.29 is 14.3 Å². The first-order chi connectivity index (χ1) is 3.77. The number of ether oxygens (including phenoxy) is 2. The van der Waals surface area contributed by atoms with E-state index >= 15 is 0 Å². The molecule has 3 nitrogen and oxygen atoms in total. The highest BCUT2D eigenvalue weighted by Gasteiger charge is 1.86. The SMILES string of the molecule is C=COCOC(C)=O. The molecule has 0 radical (unpaired) electrons. The molecule has 0 aliphatic heterocycles. The maximum Gasteiger partial charge on any atom is 0.305 e. The molecule has 0 aromatic rings. The van der Waals surface area contributed by atoms with Crippen LogP contribution in [0.15, 0.2) is 12.8 Å². The molecule has 8 heavy (non-hydrogen) atoms. The summed E-state index contributed by atoms with van der Waals surface area (Å²) in [6.45, 7) is 4.51. The lowest BCUT2D eigenvalue weighted by molar-refractivity contribution is -0.149. The Morgan fingerprint density at radius 2 is 2.50 bits per heavy atom. The van der Waals surface area contributed by atoms with Crippen molar-refractivity contribution in [1.29, 1.82) is 0 Å². The van der Waals surface area contributed by atoms with Gasteiger partial charge < -0.3 is 9.47 Å². The van der Waals surface area contributed by atoms with Gasteiger partial charge in [-0.1, -0.05) is 6.58 Å². The van der Waals surface area contributed by atoms with Gasteiger partial charge in [0, 0.05) is 6.92 Å². The predicted octanol–water partition coefficient (Wildman–Crippen LogP) is 0.667. The van der Waals surface area contributed by atoms with Crippen LogP contribution in [0.3, 0.4) is 0 Å². The Morgan fingerprint density at radius 3 is 2.88 bits per heavy atom. The van der Waals surface area contributed by atoms with Crippen molar-refractivity contribution in [2.24, 2.45) is 0 Å². The molecule has 0 spiro atoms. The maximum absolute atomic E-state index is 9.98. The van der Waals surface area contributed by atoms with Gasteiger partial charge in [-0.2, -0.15) is 0 Å². The highest BCUT2D eigenvalue weighted by atomic mass is 16.7. The molecule has 0 atom stereocenters. The fourth-order valence-electron chi connectivity index (χ4n) is 0.165. The van der Waals surface area contributed by atoms with Crippen LogP contribution >= 0.6 is 0 Å². The van der Waals surface area contributed by atoms with Gasteiger partial charge in [0.1, 0.15) is 0 Å². The number of esters is 1. The Morgan fingerprint density at radius 1 is 1.88 bits per heavy atom. The standard InChI is InChI=1S/C5H8O3/c1-3-7-4-8-5(2)6/h3H,1,4H2,2H3. The lowest BCUT2D eigenvalue weighted by Gasteiger charge is -1.97. The molecule has 0 N–H and O–H groups in total. The maximum atomic E-state index is 9.98. The van der Waals surface area contributed by atoms with E-state index in [1.54, 1.807) is 0 Å². The summed E-state index contributed by atoms with van der Waals surface area (Å²) in [5.41, 5.74) is 0. The van der Waals surface area contributed by atoms with Gasteiger partial charge in [0.2, 0.25) is 6.79 Å². The summed E-state index contributed by atoms with van der Waals surface area (Å²) in [4.78, 5) is 9.98. The van der Waals surface area contributed by atoms with Crippen LogP contribution in [-0.2, 0) is 14.3 Å². The van der Waals surface area contributed by atoms with Crippen molar-refractivity contribution in [2.45, 2.75) is 6.92 Å². The lowest BCUT2D eigenvalue weighted by atomic mass is 10.8. The van der Waals surface area contributed by atoms with Crippen molar-refractivity contribution in [3.8, 4) is 0 Å². The topological polar surface area (TPSA) is 35.5 Å². The molecule has 46 valence electrons. The summed E-state index contributed by atoms with van der Waals surface area (Å²) >= 11 is 0. The van der Waals surface area contributed by atoms with Crippen LogP contribution in [0.4, 0.5) is 0 Å². The van der Waals surface area contributed by atoms with Gasteiger partial charge in [0.05, 0.1) is 6.26 Å². The first-order valence-electron chi connectivity index (χ1n) is 2.13. The number of carbonyl (C=O) groups excluding carboxylic acids is 1. The lowest BCUT2D eigenvalue weighted by Crippen LogP contribution is -2.00. The van der Waals surface area contributed by atoms with E-state index in [4.69, 9.17) is 0 Å². The zero-order valence-corrected chi connectivity index (χ0v) is 4.72. The molecule has 0 heterocycles. The van der Waals surface area contributed by atoms with Gasteiger partial charge in [0.15, 0.2) is 0 Å². The van der Waals surface area contributed by atoms with Gasteiger partial charge in [-0.3, -0.25) is 4.79 Å². The van der Waals surface area contributed by atoms with E-state index in [0.717, 1.165) is 0 Å². The summed E-state index contributed by atoms with van der Waals surface area (Å²) in [6.07, 6.45) is 1.21. The van der Waals surface area contributed by atoms with Gasteiger partial charge in [-0.25, -0.2) is 0 Å². The van der Waals surface area contributed by atoms with Gasteiger partial charge in [-0.05, 0) is 0 Å². The van der Waals surface area contributed by atoms with Crippen LogP contribution in [0.1, 0.15) is 6.92 Å². The molecule has 0 rings (SSSR count). The van der Waals surface area contributed by atoms with Crippen molar-refractivity contribution in [1.82, 2.24) is 0 Å². The molecule has 0 saturated carbocycles. The third-order valence-electron chi connectivity index (χ3n) is 0.448. The summed E-state index contributed by atoms with van der Waals surface area (Å²) in [5.74, 6) is -0.355. The summed E-state index contributed by atoms with van der Waals surface area (Å²) in [7, 11) is 0. The largest absolute Gasteiger partial charge is 0.466 e. The second kappa shape index (κ2) is 4.18. The highest BCUT2D eigenvalue weighted by molar-refractivity contribution is 5.65. The Hall–Kier alpha value is -0.990. The van der Waals surface area contributed by atoms with E-state index < -0.39 is 0 Å². The predicted molar refractivity (Wildman–Crippen MR) is 27.9 cm³/mol. The first kappa shape index (κ1) is 7.01. The van der Waals surface area contributed by atoms with E-state index in [2.05, 4.69) is 16.1 Å². The van der Waals surface area contributed by atoms with Crippen LogP contribution in [-0.4, -0.2) is 12.8 Å². The van der Waals surface area contributed by atoms with E-state index in [9.17, 15) is 4.79 Å². The molecule has 0 unspecified atom stereocenters. The average molecular weight is 116 g/mol. The minimum Gasteiger partial charge on any atom is -0.466 e. The minimum absolute atomic E-state index is 0.0428. The average Bonchev–Trinajstić information content (AvgIpc) is 1.66. The Kier molecular flexibility index (Phi) is 3.66.